The molecule has 0 aliphatic heterocycles. The zero-order chi connectivity index (χ0) is 17.4. The van der Waals surface area contributed by atoms with E-state index < -0.39 is 6.10 Å². The third-order valence-corrected chi connectivity index (χ3v) is 4.64. The third-order valence-electron chi connectivity index (χ3n) is 3.31. The van der Waals surface area contributed by atoms with Crippen LogP contribution in [0.4, 0.5) is 0 Å². The van der Waals surface area contributed by atoms with Crippen LogP contribution in [0, 0.1) is 0 Å². The second-order valence-electron chi connectivity index (χ2n) is 5.08. The number of nitrogens with one attached hydrogen (secondary N) is 2. The van der Waals surface area contributed by atoms with Crippen molar-refractivity contribution in [2.45, 2.75) is 19.6 Å². The van der Waals surface area contributed by atoms with Crippen molar-refractivity contribution in [1.82, 2.24) is 10.6 Å². The Morgan fingerprint density at radius 3 is 2.52 bits per heavy atom. The molecule has 2 rings (SSSR count). The molecule has 0 spiro atoms. The lowest BCUT2D eigenvalue weighted by molar-refractivity contribution is 0.184. The first-order valence-corrected chi connectivity index (χ1v) is 8.90. The lowest BCUT2D eigenvalue weighted by Gasteiger charge is -2.14. The van der Waals surface area contributed by atoms with Gasteiger partial charge in [-0.3, -0.25) is 0 Å². The monoisotopic (exact) mass is 495 g/mol. The van der Waals surface area contributed by atoms with Gasteiger partial charge >= 0.3 is 0 Å². The Morgan fingerprint density at radius 1 is 1.24 bits per heavy atom. The van der Waals surface area contributed by atoms with Gasteiger partial charge in [-0.2, -0.15) is 0 Å². The average molecular weight is 496 g/mol. The van der Waals surface area contributed by atoms with Gasteiger partial charge in [-0.05, 0) is 36.8 Å². The van der Waals surface area contributed by atoms with Crippen LogP contribution in [-0.2, 0) is 6.54 Å². The maximum atomic E-state index is 10.2. The number of aliphatic hydroxyl groups is 1. The maximum Gasteiger partial charge on any atom is 0.191 e. The molecule has 2 aromatic rings. The number of thiophene rings is 1. The molecule has 0 bridgehead atoms. The molecule has 0 aliphatic rings. The summed E-state index contributed by atoms with van der Waals surface area (Å²) in [7, 11) is 1.65. The van der Waals surface area contributed by atoms with Crippen LogP contribution in [0.2, 0.25) is 4.34 Å². The molecule has 3 N–H and O–H groups in total. The van der Waals surface area contributed by atoms with Crippen molar-refractivity contribution < 1.29 is 9.84 Å². The van der Waals surface area contributed by atoms with E-state index in [2.05, 4.69) is 15.6 Å². The second-order valence-corrected chi connectivity index (χ2v) is 6.83. The highest BCUT2D eigenvalue weighted by Gasteiger charge is 2.10. The molecule has 5 nitrogen and oxygen atoms in total. The molecule has 1 heterocycles. The van der Waals surface area contributed by atoms with Crippen LogP contribution in [0.25, 0.3) is 0 Å². The van der Waals surface area contributed by atoms with E-state index in [4.69, 9.17) is 16.3 Å². The Morgan fingerprint density at radius 2 is 1.96 bits per heavy atom. The van der Waals surface area contributed by atoms with Gasteiger partial charge in [0.05, 0.1) is 18.0 Å². The molecular formula is C17H23ClIN3O2S. The Hall–Kier alpha value is -1.03. The molecule has 1 atom stereocenters. The molecular weight excluding hydrogens is 473 g/mol. The first kappa shape index (κ1) is 22.0. The topological polar surface area (TPSA) is 65.9 Å². The Balaban J connectivity index is 0.00000312. The van der Waals surface area contributed by atoms with Crippen LogP contribution in [0.15, 0.2) is 41.4 Å². The van der Waals surface area contributed by atoms with Crippen molar-refractivity contribution in [2.24, 2.45) is 4.99 Å². The summed E-state index contributed by atoms with van der Waals surface area (Å²) in [4.78, 5) is 5.36. The van der Waals surface area contributed by atoms with E-state index in [1.165, 1.54) is 11.3 Å². The summed E-state index contributed by atoms with van der Waals surface area (Å²) in [5, 5.41) is 16.5. The summed E-state index contributed by atoms with van der Waals surface area (Å²) in [5.74, 6) is 1.49. The quantitative estimate of drug-likeness (QED) is 0.310. The van der Waals surface area contributed by atoms with Crippen LogP contribution in [-0.4, -0.2) is 31.3 Å². The van der Waals surface area contributed by atoms with E-state index in [9.17, 15) is 5.11 Å². The summed E-state index contributed by atoms with van der Waals surface area (Å²) >= 11 is 7.28. The number of aliphatic imine (C=N–C) groups is 1. The zero-order valence-corrected chi connectivity index (χ0v) is 18.1. The average Bonchev–Trinajstić information content (AvgIpc) is 3.04. The zero-order valence-electron chi connectivity index (χ0n) is 14.2. The molecule has 0 radical (unpaired) electrons. The highest BCUT2D eigenvalue weighted by molar-refractivity contribution is 14.0. The molecule has 138 valence electrons. The second kappa shape index (κ2) is 11.6. The minimum absolute atomic E-state index is 0. The van der Waals surface area contributed by atoms with Crippen molar-refractivity contribution in [1.29, 1.82) is 0 Å². The van der Waals surface area contributed by atoms with E-state index in [0.29, 0.717) is 23.4 Å². The van der Waals surface area contributed by atoms with E-state index in [1.54, 1.807) is 13.2 Å². The standard InChI is InChI=1S/C17H22ClN3O2S.HI/c1-3-19-17(20-10-12-4-6-13(23-2)7-5-12)21-11-14(22)15-8-9-16(18)24-15;/h4-9,14,22H,3,10-11H2,1-2H3,(H2,19,20,21);1H. The molecule has 1 aromatic carbocycles. The Bertz CT molecular complexity index is 664. The Kier molecular flexibility index (Phi) is 10.2. The number of benzene rings is 1. The first-order valence-electron chi connectivity index (χ1n) is 7.70. The minimum atomic E-state index is -0.618. The highest BCUT2D eigenvalue weighted by Crippen LogP contribution is 2.26. The van der Waals surface area contributed by atoms with Crippen molar-refractivity contribution in [3.8, 4) is 5.75 Å². The van der Waals surface area contributed by atoms with Gasteiger partial charge in [0, 0.05) is 18.0 Å². The predicted octanol–water partition coefficient (Wildman–Crippen LogP) is 3.82. The fourth-order valence-electron chi connectivity index (χ4n) is 2.04. The lowest BCUT2D eigenvalue weighted by Crippen LogP contribution is -2.39. The fraction of sp³-hybridized carbons (Fsp3) is 0.353. The number of rotatable bonds is 7. The Labute approximate surface area is 174 Å². The van der Waals surface area contributed by atoms with Crippen molar-refractivity contribution in [3.63, 3.8) is 0 Å². The normalized spacial score (nSPS) is 12.2. The molecule has 1 aromatic heterocycles. The molecule has 0 amide bonds. The first-order chi connectivity index (χ1) is 11.6. The van der Waals surface area contributed by atoms with Gasteiger partial charge in [0.1, 0.15) is 11.9 Å². The third kappa shape index (κ3) is 7.39. The van der Waals surface area contributed by atoms with E-state index in [1.807, 2.05) is 37.3 Å². The number of hydrogen-bond acceptors (Lipinski definition) is 4. The van der Waals surface area contributed by atoms with E-state index >= 15 is 0 Å². The SMILES string of the molecule is CCNC(=NCc1ccc(OC)cc1)NCC(O)c1ccc(Cl)s1.I. The van der Waals surface area contributed by atoms with Crippen LogP contribution in [0.5, 0.6) is 5.75 Å². The smallest absolute Gasteiger partial charge is 0.191 e. The number of halogens is 2. The van der Waals surface area contributed by atoms with Gasteiger partial charge in [-0.1, -0.05) is 23.7 Å². The van der Waals surface area contributed by atoms with Gasteiger partial charge in [-0.15, -0.1) is 35.3 Å². The summed E-state index contributed by atoms with van der Waals surface area (Å²) in [6.45, 7) is 3.65. The van der Waals surface area contributed by atoms with E-state index in [-0.39, 0.29) is 24.0 Å². The largest absolute Gasteiger partial charge is 0.497 e. The summed E-state index contributed by atoms with van der Waals surface area (Å²) in [6.07, 6.45) is -0.618. The molecule has 0 fully saturated rings. The molecule has 0 saturated heterocycles. The maximum absolute atomic E-state index is 10.2. The summed E-state index contributed by atoms with van der Waals surface area (Å²) in [5.41, 5.74) is 1.08. The van der Waals surface area contributed by atoms with Crippen LogP contribution < -0.4 is 15.4 Å². The van der Waals surface area contributed by atoms with Crippen LogP contribution in [0.3, 0.4) is 0 Å². The van der Waals surface area contributed by atoms with Gasteiger partial charge in [0.25, 0.3) is 0 Å². The number of aliphatic hydroxyl groups excluding tert-OH is 1. The van der Waals surface area contributed by atoms with Gasteiger partial charge < -0.3 is 20.5 Å². The lowest BCUT2D eigenvalue weighted by atomic mass is 10.2. The van der Waals surface area contributed by atoms with Gasteiger partial charge in [-0.25, -0.2) is 4.99 Å². The van der Waals surface area contributed by atoms with Crippen molar-refractivity contribution >= 4 is 52.9 Å². The number of methoxy groups -OCH3 is 1. The molecule has 25 heavy (non-hydrogen) atoms. The van der Waals surface area contributed by atoms with E-state index in [0.717, 1.165) is 22.7 Å². The summed E-state index contributed by atoms with van der Waals surface area (Å²) in [6, 6.07) is 11.4. The molecule has 0 aliphatic carbocycles. The number of hydrogen-bond donors (Lipinski definition) is 3. The predicted molar refractivity (Wildman–Crippen MR) is 116 cm³/mol. The van der Waals surface area contributed by atoms with Gasteiger partial charge in [0.2, 0.25) is 0 Å². The van der Waals surface area contributed by atoms with Crippen LogP contribution in [0.1, 0.15) is 23.5 Å². The molecule has 8 heteroatoms. The minimum Gasteiger partial charge on any atom is -0.497 e. The molecule has 1 unspecified atom stereocenters. The summed E-state index contributed by atoms with van der Waals surface area (Å²) < 4.78 is 5.82. The fourth-order valence-corrected chi connectivity index (χ4v) is 3.09. The van der Waals surface area contributed by atoms with Crippen molar-refractivity contribution in [3.05, 3.63) is 51.2 Å². The number of guanidine groups is 1. The number of ether oxygens (including phenoxy) is 1. The van der Waals surface area contributed by atoms with Gasteiger partial charge in [0.15, 0.2) is 5.96 Å². The highest BCUT2D eigenvalue weighted by atomic mass is 127. The van der Waals surface area contributed by atoms with Crippen LogP contribution >= 0.6 is 46.9 Å². The van der Waals surface area contributed by atoms with Crippen molar-refractivity contribution in [2.75, 3.05) is 20.2 Å². The number of nitrogens with zero attached hydrogens (tertiary/aromatic N) is 1. The molecule has 0 saturated carbocycles.